The maximum Gasteiger partial charge on any atom is 0.246 e. The van der Waals surface area contributed by atoms with Crippen LogP contribution in [-0.4, -0.2) is 102 Å². The number of halogens is 1. The minimum atomic E-state index is -1.02. The highest BCUT2D eigenvalue weighted by Gasteiger charge is 2.64. The molecule has 272 valence electrons. The summed E-state index contributed by atoms with van der Waals surface area (Å²) in [7, 11) is 2.16. The van der Waals surface area contributed by atoms with Crippen LogP contribution in [0.3, 0.4) is 0 Å². The van der Waals surface area contributed by atoms with E-state index in [9.17, 15) is 10.1 Å². The van der Waals surface area contributed by atoms with E-state index in [0.717, 1.165) is 62.6 Å². The van der Waals surface area contributed by atoms with Crippen molar-refractivity contribution in [2.45, 2.75) is 125 Å². The second-order valence-corrected chi connectivity index (χ2v) is 16.1. The number of fused-ring (bicyclic) bond motifs is 2. The van der Waals surface area contributed by atoms with E-state index in [1.165, 1.54) is 25.3 Å². The van der Waals surface area contributed by atoms with Gasteiger partial charge in [-0.05, 0) is 75.2 Å². The van der Waals surface area contributed by atoms with Crippen LogP contribution in [0.15, 0.2) is 36.9 Å². The molecule has 0 aromatic heterocycles. The summed E-state index contributed by atoms with van der Waals surface area (Å²) in [5, 5.41) is 17.7. The largest absolute Gasteiger partial charge is 0.348 e. The fourth-order valence-electron chi connectivity index (χ4n) is 10.4. The summed E-state index contributed by atoms with van der Waals surface area (Å²) in [4.78, 5) is 34.9. The summed E-state index contributed by atoms with van der Waals surface area (Å²) < 4.78 is 13.4. The number of nitriles is 1. The predicted molar refractivity (Wildman–Crippen MR) is 192 cm³/mol. The van der Waals surface area contributed by atoms with E-state index in [-0.39, 0.29) is 36.0 Å². The third-order valence-electron chi connectivity index (χ3n) is 13.0. The average Bonchev–Trinajstić information content (AvgIpc) is 3.52. The molecule has 50 heavy (non-hydrogen) atoms. The van der Waals surface area contributed by atoms with Crippen molar-refractivity contribution in [2.24, 2.45) is 11.8 Å². The van der Waals surface area contributed by atoms with Crippen molar-refractivity contribution in [2.75, 3.05) is 39.8 Å². The summed E-state index contributed by atoms with van der Waals surface area (Å²) in [6.45, 7) is 7.06. The van der Waals surface area contributed by atoms with Crippen LogP contribution >= 0.6 is 11.6 Å². The zero-order chi connectivity index (χ0) is 34.9. The van der Waals surface area contributed by atoms with Gasteiger partial charge in [-0.2, -0.15) is 5.26 Å². The minimum absolute atomic E-state index is 0.0613. The molecule has 0 bridgehead atoms. The van der Waals surface area contributed by atoms with Crippen LogP contribution in [0.2, 0.25) is 0 Å². The van der Waals surface area contributed by atoms with Gasteiger partial charge in [0.1, 0.15) is 5.60 Å². The van der Waals surface area contributed by atoms with Gasteiger partial charge < -0.3 is 19.3 Å². The Labute approximate surface area is 302 Å². The predicted octanol–water partition coefficient (Wildman–Crippen LogP) is 4.84. The number of piperazine rings is 1. The van der Waals surface area contributed by atoms with E-state index >= 15 is 4.79 Å². The first-order valence-corrected chi connectivity index (χ1v) is 19.6. The van der Waals surface area contributed by atoms with Crippen molar-refractivity contribution in [1.29, 1.82) is 5.26 Å². The van der Waals surface area contributed by atoms with Gasteiger partial charge in [-0.1, -0.05) is 74.5 Å². The highest BCUT2D eigenvalue weighted by Crippen LogP contribution is 2.51. The molecular formula is C39H55ClN6O4. The van der Waals surface area contributed by atoms with Gasteiger partial charge in [-0.15, -0.1) is 0 Å². The topological polar surface area (TPSA) is 110 Å². The number of likely N-dealkylation sites (tertiary alicyclic amines) is 1. The van der Waals surface area contributed by atoms with Crippen LogP contribution in [0, 0.1) is 23.2 Å². The molecule has 2 saturated carbocycles. The molecule has 1 aromatic carbocycles. The molecule has 4 heterocycles. The van der Waals surface area contributed by atoms with Gasteiger partial charge in [-0.3, -0.25) is 25.1 Å². The number of nitrogens with one attached hydrogen (secondary N) is 2. The molecule has 7 rings (SSSR count). The molecule has 6 aliphatic rings. The van der Waals surface area contributed by atoms with Crippen LogP contribution < -0.4 is 10.6 Å². The Morgan fingerprint density at radius 1 is 1.10 bits per heavy atom. The lowest BCUT2D eigenvalue weighted by molar-refractivity contribution is -0.202. The highest BCUT2D eigenvalue weighted by molar-refractivity contribution is 6.20. The Balaban J connectivity index is 1.28. The van der Waals surface area contributed by atoms with Crippen LogP contribution in [-0.2, 0) is 25.5 Å². The molecule has 2 N–H and O–H groups in total. The fraction of sp³-hybridized carbons (Fsp3) is 0.718. The SMILES string of the molecule is C=CC(=O)N1CCN(C2(C3CCCCCCC3)NC(OCC3CCCN3C)NC3C(=O)[C@@]4(CCC32)Cc2ccccc2C(Cl)O4)CC1CC#N. The maximum atomic E-state index is 15.2. The van der Waals surface area contributed by atoms with Crippen molar-refractivity contribution in [3.63, 3.8) is 0 Å². The first-order chi connectivity index (χ1) is 24.3. The molecule has 4 aliphatic heterocycles. The first kappa shape index (κ1) is 36.0. The number of rotatable bonds is 7. The number of ketones is 1. The maximum absolute atomic E-state index is 15.2. The van der Waals surface area contributed by atoms with Gasteiger partial charge in [-0.25, -0.2) is 0 Å². The average molecular weight is 707 g/mol. The zero-order valence-electron chi connectivity index (χ0n) is 29.7. The van der Waals surface area contributed by atoms with Crippen molar-refractivity contribution >= 4 is 23.3 Å². The third-order valence-corrected chi connectivity index (χ3v) is 13.3. The molecule has 7 unspecified atom stereocenters. The lowest BCUT2D eigenvalue weighted by Gasteiger charge is -2.64. The lowest BCUT2D eigenvalue weighted by Crippen LogP contribution is -2.83. The Morgan fingerprint density at radius 3 is 2.62 bits per heavy atom. The van der Waals surface area contributed by atoms with E-state index in [2.05, 4.69) is 46.2 Å². The minimum Gasteiger partial charge on any atom is -0.348 e. The van der Waals surface area contributed by atoms with Gasteiger partial charge in [0, 0.05) is 38.0 Å². The first-order valence-electron chi connectivity index (χ1n) is 19.1. The van der Waals surface area contributed by atoms with Gasteiger partial charge in [0.05, 0.1) is 36.8 Å². The molecule has 10 nitrogen and oxygen atoms in total. The van der Waals surface area contributed by atoms with Gasteiger partial charge in [0.15, 0.2) is 17.7 Å². The third kappa shape index (κ3) is 6.68. The number of carbonyl (C=O) groups excluding carboxylic acids is 2. The molecule has 2 aliphatic carbocycles. The van der Waals surface area contributed by atoms with E-state index in [1.807, 2.05) is 23.1 Å². The number of ether oxygens (including phenoxy) is 2. The van der Waals surface area contributed by atoms with Gasteiger partial charge in [0.2, 0.25) is 5.91 Å². The highest BCUT2D eigenvalue weighted by atomic mass is 35.5. The standard InChI is InChI=1S/C39H55ClN6O4/c1-3-33(47)46-23-22-45(25-29(46)18-20-41)39(28-13-7-5-4-6-8-14-28)32-17-19-38(24-27-12-9-10-16-31(27)36(40)50-38)35(48)34(32)42-37(43-39)49-26-30-15-11-21-44(30)2/h3,9-10,12,16,28-30,32,34,36-37,42-43H,1,4-8,11,13-15,17-19,21-26H2,2H3/t29?,30?,32?,34?,36?,37?,38-,39?/m1/s1. The smallest absolute Gasteiger partial charge is 0.246 e. The number of nitrogens with zero attached hydrogens (tertiary/aromatic N) is 4. The molecule has 3 saturated heterocycles. The Kier molecular flexibility index (Phi) is 11.0. The molecule has 1 aromatic rings. The van der Waals surface area contributed by atoms with Crippen LogP contribution in [0.25, 0.3) is 0 Å². The normalized spacial score (nSPS) is 37.4. The van der Waals surface area contributed by atoms with Crippen LogP contribution in [0.4, 0.5) is 0 Å². The summed E-state index contributed by atoms with van der Waals surface area (Å²) in [5.41, 5.74) is -0.280. The van der Waals surface area contributed by atoms with Crippen molar-refractivity contribution < 1.29 is 19.1 Å². The Morgan fingerprint density at radius 2 is 1.88 bits per heavy atom. The lowest BCUT2D eigenvalue weighted by atomic mass is 9.61. The molecule has 8 atom stereocenters. The molecule has 11 heteroatoms. The van der Waals surface area contributed by atoms with E-state index < -0.39 is 29.2 Å². The summed E-state index contributed by atoms with van der Waals surface area (Å²) in [6, 6.07) is 9.95. The van der Waals surface area contributed by atoms with E-state index in [0.29, 0.717) is 45.1 Å². The second kappa shape index (κ2) is 15.3. The molecule has 1 spiro atoms. The van der Waals surface area contributed by atoms with Crippen molar-refractivity contribution in [3.8, 4) is 6.07 Å². The number of carbonyl (C=O) groups is 2. The summed E-state index contributed by atoms with van der Waals surface area (Å²) in [5.74, 6) is 0.116. The summed E-state index contributed by atoms with van der Waals surface area (Å²) >= 11 is 6.89. The number of benzene rings is 1. The summed E-state index contributed by atoms with van der Waals surface area (Å²) in [6.07, 6.45) is 13.2. The number of alkyl halides is 1. The number of Topliss-reactive ketones (excluding diaryl/α,β-unsaturated/α-hetero) is 1. The number of hydrogen-bond donors (Lipinski definition) is 2. The van der Waals surface area contributed by atoms with Crippen LogP contribution in [0.1, 0.15) is 93.7 Å². The fourth-order valence-corrected chi connectivity index (χ4v) is 10.8. The molecular weight excluding hydrogens is 652 g/mol. The van der Waals surface area contributed by atoms with Crippen molar-refractivity contribution in [3.05, 3.63) is 48.0 Å². The molecule has 0 radical (unpaired) electrons. The number of amides is 1. The van der Waals surface area contributed by atoms with Gasteiger partial charge >= 0.3 is 0 Å². The van der Waals surface area contributed by atoms with Crippen molar-refractivity contribution in [1.82, 2.24) is 25.3 Å². The number of hydrogen-bond acceptors (Lipinski definition) is 9. The van der Waals surface area contributed by atoms with E-state index in [4.69, 9.17) is 21.1 Å². The monoisotopic (exact) mass is 706 g/mol. The van der Waals surface area contributed by atoms with Crippen LogP contribution in [0.5, 0.6) is 0 Å². The Hall–Kier alpha value is -2.36. The van der Waals surface area contributed by atoms with Gasteiger partial charge in [0.25, 0.3) is 0 Å². The van der Waals surface area contributed by atoms with E-state index in [1.54, 1.807) is 0 Å². The second-order valence-electron chi connectivity index (χ2n) is 15.7. The number of likely N-dealkylation sites (N-methyl/N-ethyl adjacent to an activating group) is 1. The Bertz CT molecular complexity index is 1450. The quantitative estimate of drug-likeness (QED) is 0.304. The molecule has 5 fully saturated rings. The zero-order valence-corrected chi connectivity index (χ0v) is 30.4. The molecule has 1 amide bonds.